The van der Waals surface area contributed by atoms with E-state index in [1.807, 2.05) is 0 Å². The lowest BCUT2D eigenvalue weighted by Crippen LogP contribution is -2.34. The van der Waals surface area contributed by atoms with Gasteiger partial charge in [-0.2, -0.15) is 4.98 Å². The number of amides is 2. The number of carbonyl (C=O) groups is 2. The molecule has 2 N–H and O–H groups in total. The maximum Gasteiger partial charge on any atom is 0.315 e. The number of rotatable bonds is 7. The number of carbonyl (C=O) groups excluding carboxylic acids is 2. The van der Waals surface area contributed by atoms with E-state index in [-0.39, 0.29) is 41.2 Å². The first-order chi connectivity index (χ1) is 12.5. The van der Waals surface area contributed by atoms with Crippen LogP contribution in [-0.4, -0.2) is 40.0 Å². The maximum absolute atomic E-state index is 12.0. The molecule has 0 saturated heterocycles. The van der Waals surface area contributed by atoms with E-state index in [0.29, 0.717) is 5.82 Å². The minimum atomic E-state index is -0.602. The molecule has 0 aliphatic heterocycles. The van der Waals surface area contributed by atoms with Gasteiger partial charge in [0, 0.05) is 31.1 Å². The topological polar surface area (TPSA) is 140 Å². The third-order valence-electron chi connectivity index (χ3n) is 3.68. The summed E-state index contributed by atoms with van der Waals surface area (Å²) >= 11 is 5.88. The van der Waals surface area contributed by atoms with Crippen LogP contribution in [-0.2, 0) is 0 Å². The van der Waals surface area contributed by atoms with Crippen LogP contribution in [0.1, 0.15) is 45.6 Å². The van der Waals surface area contributed by atoms with Crippen molar-refractivity contribution in [2.75, 3.05) is 13.1 Å². The van der Waals surface area contributed by atoms with Crippen LogP contribution in [0.2, 0.25) is 5.02 Å². The van der Waals surface area contributed by atoms with Crippen LogP contribution in [0.3, 0.4) is 0 Å². The number of hydrogen-bond acceptors (Lipinski definition) is 7. The minimum Gasteiger partial charge on any atom is -0.350 e. The number of aromatic nitrogens is 2. The molecule has 0 spiro atoms. The van der Waals surface area contributed by atoms with Gasteiger partial charge in [-0.25, -0.2) is 0 Å². The molecule has 1 aromatic carbocycles. The number of nitrogens with one attached hydrogen (secondary N) is 2. The summed E-state index contributed by atoms with van der Waals surface area (Å²) in [5.74, 6) is -0.320. The predicted molar refractivity (Wildman–Crippen MR) is 89.0 cm³/mol. The van der Waals surface area contributed by atoms with E-state index in [9.17, 15) is 19.7 Å². The fourth-order valence-electron chi connectivity index (χ4n) is 2.16. The van der Waals surface area contributed by atoms with Crippen LogP contribution in [0.5, 0.6) is 0 Å². The molecule has 136 valence electrons. The fourth-order valence-corrected chi connectivity index (χ4v) is 2.42. The predicted octanol–water partition coefficient (Wildman–Crippen LogP) is 1.67. The molecule has 3 rings (SSSR count). The number of hydrogen-bond donors (Lipinski definition) is 2. The molecule has 0 bridgehead atoms. The van der Waals surface area contributed by atoms with Gasteiger partial charge in [-0.05, 0) is 18.9 Å². The van der Waals surface area contributed by atoms with Crippen LogP contribution in [0.25, 0.3) is 0 Å². The van der Waals surface area contributed by atoms with Gasteiger partial charge in [0.2, 0.25) is 0 Å². The highest BCUT2D eigenvalue weighted by Gasteiger charge is 2.29. The van der Waals surface area contributed by atoms with E-state index < -0.39 is 16.7 Å². The summed E-state index contributed by atoms with van der Waals surface area (Å²) in [5, 5.41) is 19.5. The Hall–Kier alpha value is -3.01. The molecule has 2 aromatic rings. The molecule has 1 fully saturated rings. The first-order valence-electron chi connectivity index (χ1n) is 7.79. The van der Waals surface area contributed by atoms with E-state index >= 15 is 0 Å². The van der Waals surface area contributed by atoms with Crippen LogP contribution >= 0.6 is 11.6 Å². The third-order valence-corrected chi connectivity index (χ3v) is 4.00. The highest BCUT2D eigenvalue weighted by Crippen LogP contribution is 2.38. The zero-order chi connectivity index (χ0) is 18.7. The lowest BCUT2D eigenvalue weighted by atomic mass is 10.2. The van der Waals surface area contributed by atoms with Crippen LogP contribution < -0.4 is 10.6 Å². The molecule has 1 saturated carbocycles. The van der Waals surface area contributed by atoms with Crippen molar-refractivity contribution in [1.29, 1.82) is 0 Å². The van der Waals surface area contributed by atoms with Crippen molar-refractivity contribution in [2.24, 2.45) is 0 Å². The summed E-state index contributed by atoms with van der Waals surface area (Å²) < 4.78 is 4.89. The number of nitro groups is 1. The fraction of sp³-hybridized carbons (Fsp3) is 0.333. The number of non-ortho nitro benzene ring substituents is 1. The van der Waals surface area contributed by atoms with Crippen molar-refractivity contribution in [3.8, 4) is 0 Å². The Morgan fingerprint density at radius 1 is 1.27 bits per heavy atom. The first-order valence-corrected chi connectivity index (χ1v) is 8.17. The van der Waals surface area contributed by atoms with E-state index in [1.54, 1.807) is 0 Å². The Morgan fingerprint density at radius 2 is 1.96 bits per heavy atom. The smallest absolute Gasteiger partial charge is 0.315 e. The molecule has 26 heavy (non-hydrogen) atoms. The zero-order valence-corrected chi connectivity index (χ0v) is 14.2. The van der Waals surface area contributed by atoms with Crippen molar-refractivity contribution in [3.05, 3.63) is 50.6 Å². The van der Waals surface area contributed by atoms with Gasteiger partial charge >= 0.3 is 11.8 Å². The average Bonchev–Trinajstić information content (AvgIpc) is 3.35. The van der Waals surface area contributed by atoms with Gasteiger partial charge in [0.05, 0.1) is 15.5 Å². The molecule has 0 unspecified atom stereocenters. The third kappa shape index (κ3) is 4.14. The Morgan fingerprint density at radius 3 is 2.58 bits per heavy atom. The van der Waals surface area contributed by atoms with E-state index in [4.69, 9.17) is 16.1 Å². The van der Waals surface area contributed by atoms with Crippen molar-refractivity contribution < 1.29 is 19.0 Å². The second kappa shape index (κ2) is 7.48. The Kier molecular flexibility index (Phi) is 5.12. The number of nitrogens with zero attached hydrogens (tertiary/aromatic N) is 3. The van der Waals surface area contributed by atoms with Gasteiger partial charge in [-0.3, -0.25) is 19.7 Å². The van der Waals surface area contributed by atoms with Crippen molar-refractivity contribution >= 4 is 29.1 Å². The molecule has 1 heterocycles. The lowest BCUT2D eigenvalue weighted by Gasteiger charge is -2.07. The highest BCUT2D eigenvalue weighted by molar-refractivity contribution is 6.34. The molecular weight excluding hydrogens is 366 g/mol. The summed E-state index contributed by atoms with van der Waals surface area (Å²) in [7, 11) is 0. The molecule has 0 atom stereocenters. The largest absolute Gasteiger partial charge is 0.350 e. The summed E-state index contributed by atoms with van der Waals surface area (Å²) in [5.41, 5.74) is -0.0986. The average molecular weight is 380 g/mol. The van der Waals surface area contributed by atoms with E-state index in [2.05, 4.69) is 20.8 Å². The Labute approximate surface area is 152 Å². The van der Waals surface area contributed by atoms with Gasteiger partial charge in [-0.1, -0.05) is 16.8 Å². The normalized spacial score (nSPS) is 13.3. The van der Waals surface area contributed by atoms with Crippen molar-refractivity contribution in [1.82, 2.24) is 20.8 Å². The number of benzene rings is 1. The van der Waals surface area contributed by atoms with Crippen LogP contribution in [0, 0.1) is 10.1 Å². The quantitative estimate of drug-likeness (QED) is 0.423. The van der Waals surface area contributed by atoms with Gasteiger partial charge in [0.25, 0.3) is 11.6 Å². The van der Waals surface area contributed by atoms with Crippen molar-refractivity contribution in [3.63, 3.8) is 0 Å². The molecule has 11 heteroatoms. The highest BCUT2D eigenvalue weighted by atomic mass is 35.5. The summed E-state index contributed by atoms with van der Waals surface area (Å²) in [6.45, 7) is 0.262. The van der Waals surface area contributed by atoms with Gasteiger partial charge < -0.3 is 15.2 Å². The number of halogens is 1. The van der Waals surface area contributed by atoms with Crippen LogP contribution in [0.4, 0.5) is 5.69 Å². The molecule has 2 amide bonds. The molecule has 1 aromatic heterocycles. The first kappa shape index (κ1) is 17.8. The Balaban J connectivity index is 1.46. The van der Waals surface area contributed by atoms with E-state index in [0.717, 1.165) is 18.9 Å². The van der Waals surface area contributed by atoms with Gasteiger partial charge in [-0.15, -0.1) is 0 Å². The second-order valence-electron chi connectivity index (χ2n) is 5.67. The summed E-state index contributed by atoms with van der Waals surface area (Å²) in [4.78, 5) is 38.0. The maximum atomic E-state index is 12.0. The summed E-state index contributed by atoms with van der Waals surface area (Å²) in [6, 6.07) is 3.56. The minimum absolute atomic E-state index is 0.0285. The van der Waals surface area contributed by atoms with Gasteiger partial charge in [0.15, 0.2) is 5.82 Å². The summed E-state index contributed by atoms with van der Waals surface area (Å²) in [6.07, 6.45) is 2.00. The molecule has 0 radical (unpaired) electrons. The van der Waals surface area contributed by atoms with E-state index in [1.165, 1.54) is 12.1 Å². The Bertz CT molecular complexity index is 864. The molecule has 1 aliphatic carbocycles. The second-order valence-corrected chi connectivity index (χ2v) is 6.07. The van der Waals surface area contributed by atoms with Crippen LogP contribution in [0.15, 0.2) is 22.7 Å². The van der Waals surface area contributed by atoms with Crippen molar-refractivity contribution in [2.45, 2.75) is 18.8 Å². The SMILES string of the molecule is O=C(NCCNC(=O)c1ccc([N+](=O)[O-])cc1Cl)c1nc(C2CC2)no1. The van der Waals surface area contributed by atoms with Gasteiger partial charge in [0.1, 0.15) is 0 Å². The zero-order valence-electron chi connectivity index (χ0n) is 13.4. The monoisotopic (exact) mass is 379 g/mol. The molecule has 10 nitrogen and oxygen atoms in total. The standard InChI is InChI=1S/C15H14ClN5O5/c16-11-7-9(21(24)25)3-4-10(11)13(22)17-5-6-18-14(23)15-19-12(20-26-15)8-1-2-8/h3-4,7-8H,1-2,5-6H2,(H,17,22)(H,18,23). The molecule has 1 aliphatic rings. The lowest BCUT2D eigenvalue weighted by molar-refractivity contribution is -0.384. The number of nitro benzene ring substituents is 1. The molecular formula is C15H14ClN5O5.